The van der Waals surface area contributed by atoms with E-state index in [1.165, 1.54) is 19.3 Å². The van der Waals surface area contributed by atoms with Crippen molar-refractivity contribution in [1.29, 1.82) is 0 Å². The third-order valence-electron chi connectivity index (χ3n) is 4.30. The van der Waals surface area contributed by atoms with Crippen LogP contribution < -0.4 is 14.8 Å². The number of hydrogen-bond donors (Lipinski definition) is 3. The van der Waals surface area contributed by atoms with Crippen LogP contribution in [0.5, 0.6) is 17.2 Å². The number of aromatic hydroxyl groups is 1. The Hall–Kier alpha value is -4.26. The average molecular weight is 419 g/mol. The van der Waals surface area contributed by atoms with Gasteiger partial charge in [-0.3, -0.25) is 4.79 Å². The lowest BCUT2D eigenvalue weighted by atomic mass is 10.1. The van der Waals surface area contributed by atoms with Crippen molar-refractivity contribution in [2.24, 2.45) is 0 Å². The van der Waals surface area contributed by atoms with Gasteiger partial charge in [0.1, 0.15) is 29.6 Å². The molecule has 0 aromatic heterocycles. The molecule has 3 rings (SSSR count). The Balaban J connectivity index is 1.67. The first kappa shape index (κ1) is 21.4. The number of phenolic OH excluding ortho intramolecular Hbond substituents is 1. The summed E-state index contributed by atoms with van der Waals surface area (Å²) < 4.78 is 10.8. The summed E-state index contributed by atoms with van der Waals surface area (Å²) >= 11 is 0. The fourth-order valence-electron chi connectivity index (χ4n) is 2.77. The standard InChI is InChI=1S/C24H21NO6/c1-30-21-12-17(11-19(26)14-21)15-31-20-9-7-16(8-10-20)13-22(24(28)29)25-23(27)18-5-3-2-4-6-18/h2-14,26H,15H2,1H3,(H,25,27)(H,28,29)/b22-13+. The number of methoxy groups -OCH3 is 1. The van der Waals surface area contributed by atoms with E-state index in [9.17, 15) is 19.8 Å². The van der Waals surface area contributed by atoms with E-state index in [2.05, 4.69) is 5.32 Å². The van der Waals surface area contributed by atoms with E-state index < -0.39 is 11.9 Å². The molecule has 0 atom stereocenters. The Bertz CT molecular complexity index is 1090. The van der Waals surface area contributed by atoms with Gasteiger partial charge in [0.25, 0.3) is 5.91 Å². The molecule has 0 radical (unpaired) electrons. The van der Waals surface area contributed by atoms with Crippen molar-refractivity contribution in [3.63, 3.8) is 0 Å². The van der Waals surface area contributed by atoms with E-state index in [0.717, 1.165) is 5.56 Å². The molecule has 0 heterocycles. The van der Waals surface area contributed by atoms with Crippen molar-refractivity contribution in [2.75, 3.05) is 7.11 Å². The topological polar surface area (TPSA) is 105 Å². The van der Waals surface area contributed by atoms with Gasteiger partial charge >= 0.3 is 5.97 Å². The number of benzene rings is 3. The van der Waals surface area contributed by atoms with Gasteiger partial charge in [-0.05, 0) is 53.6 Å². The number of hydrogen-bond acceptors (Lipinski definition) is 5. The lowest BCUT2D eigenvalue weighted by molar-refractivity contribution is -0.132. The SMILES string of the molecule is COc1cc(O)cc(COc2ccc(/C=C(/NC(=O)c3ccccc3)C(=O)O)cc2)c1. The lowest BCUT2D eigenvalue weighted by Gasteiger charge is -2.09. The van der Waals surface area contributed by atoms with Crippen LogP contribution >= 0.6 is 0 Å². The minimum absolute atomic E-state index is 0.0807. The fourth-order valence-corrected chi connectivity index (χ4v) is 2.77. The molecule has 0 saturated heterocycles. The summed E-state index contributed by atoms with van der Waals surface area (Å²) in [5.41, 5.74) is 1.44. The maximum absolute atomic E-state index is 12.2. The zero-order chi connectivity index (χ0) is 22.2. The summed E-state index contributed by atoms with van der Waals surface area (Å²) in [7, 11) is 1.51. The van der Waals surface area contributed by atoms with E-state index in [1.807, 2.05) is 0 Å². The quantitative estimate of drug-likeness (QED) is 0.479. The number of aliphatic carboxylic acids is 1. The number of phenols is 1. The predicted molar refractivity (Wildman–Crippen MR) is 115 cm³/mol. The van der Waals surface area contributed by atoms with Gasteiger partial charge in [0.05, 0.1) is 7.11 Å². The molecule has 7 nitrogen and oxygen atoms in total. The number of ether oxygens (including phenoxy) is 2. The maximum atomic E-state index is 12.2. The van der Waals surface area contributed by atoms with Crippen LogP contribution in [-0.4, -0.2) is 29.2 Å². The second-order valence-electron chi connectivity index (χ2n) is 6.58. The number of amides is 1. The Kier molecular flexibility index (Phi) is 6.90. The molecular formula is C24H21NO6. The Labute approximate surface area is 179 Å². The van der Waals surface area contributed by atoms with Gasteiger partial charge in [0, 0.05) is 11.6 Å². The minimum atomic E-state index is -1.25. The summed E-state index contributed by atoms with van der Waals surface area (Å²) in [5, 5.41) is 21.5. The van der Waals surface area contributed by atoms with E-state index in [4.69, 9.17) is 9.47 Å². The number of carbonyl (C=O) groups excluding carboxylic acids is 1. The smallest absolute Gasteiger partial charge is 0.352 e. The van der Waals surface area contributed by atoms with Crippen molar-refractivity contribution in [3.05, 3.63) is 95.2 Å². The largest absolute Gasteiger partial charge is 0.508 e. The van der Waals surface area contributed by atoms with Crippen LogP contribution in [0.25, 0.3) is 6.08 Å². The first-order chi connectivity index (χ1) is 14.9. The Morgan fingerprint density at radius 1 is 0.968 bits per heavy atom. The van der Waals surface area contributed by atoms with Crippen LogP contribution in [-0.2, 0) is 11.4 Å². The summed E-state index contributed by atoms with van der Waals surface area (Å²) in [6.07, 6.45) is 1.37. The van der Waals surface area contributed by atoms with E-state index in [1.54, 1.807) is 66.7 Å². The van der Waals surface area contributed by atoms with Crippen LogP contribution in [0.3, 0.4) is 0 Å². The van der Waals surface area contributed by atoms with Crippen LogP contribution in [0.15, 0.2) is 78.5 Å². The summed E-state index contributed by atoms with van der Waals surface area (Å²) in [6, 6.07) is 19.9. The first-order valence-electron chi connectivity index (χ1n) is 9.36. The fraction of sp³-hybridized carbons (Fsp3) is 0.0833. The number of carboxylic acid groups (broad SMARTS) is 1. The Morgan fingerprint density at radius 3 is 2.32 bits per heavy atom. The highest BCUT2D eigenvalue weighted by atomic mass is 16.5. The minimum Gasteiger partial charge on any atom is -0.508 e. The zero-order valence-corrected chi connectivity index (χ0v) is 16.7. The van der Waals surface area contributed by atoms with Crippen LogP contribution in [0.1, 0.15) is 21.5 Å². The van der Waals surface area contributed by atoms with Gasteiger partial charge in [-0.15, -0.1) is 0 Å². The monoisotopic (exact) mass is 419 g/mol. The highest BCUT2D eigenvalue weighted by Gasteiger charge is 2.13. The number of rotatable bonds is 8. The van der Waals surface area contributed by atoms with Crippen molar-refractivity contribution in [1.82, 2.24) is 5.32 Å². The van der Waals surface area contributed by atoms with Crippen molar-refractivity contribution in [3.8, 4) is 17.2 Å². The van der Waals surface area contributed by atoms with Gasteiger partial charge in [-0.2, -0.15) is 0 Å². The molecule has 3 aromatic rings. The third-order valence-corrected chi connectivity index (χ3v) is 4.30. The molecule has 0 aliphatic carbocycles. The highest BCUT2D eigenvalue weighted by molar-refractivity contribution is 6.02. The normalized spacial score (nSPS) is 10.9. The summed E-state index contributed by atoms with van der Waals surface area (Å²) in [6.45, 7) is 0.216. The molecule has 7 heteroatoms. The molecule has 0 aliphatic heterocycles. The molecule has 0 fully saturated rings. The lowest BCUT2D eigenvalue weighted by Crippen LogP contribution is -2.27. The number of nitrogens with one attached hydrogen (secondary N) is 1. The van der Waals surface area contributed by atoms with Gasteiger partial charge in [-0.1, -0.05) is 30.3 Å². The first-order valence-corrected chi connectivity index (χ1v) is 9.36. The molecule has 0 bridgehead atoms. The molecule has 0 aliphatic rings. The van der Waals surface area contributed by atoms with Crippen LogP contribution in [0, 0.1) is 0 Å². The molecule has 0 unspecified atom stereocenters. The Morgan fingerprint density at radius 2 is 1.68 bits per heavy atom. The molecule has 3 N–H and O–H groups in total. The van der Waals surface area contributed by atoms with Crippen molar-refractivity contribution >= 4 is 18.0 Å². The van der Waals surface area contributed by atoms with E-state index in [-0.39, 0.29) is 18.1 Å². The molecule has 158 valence electrons. The van der Waals surface area contributed by atoms with Crippen molar-refractivity contribution < 1.29 is 29.3 Å². The number of carboxylic acids is 1. The van der Waals surface area contributed by atoms with Gasteiger partial charge < -0.3 is 25.0 Å². The molecular weight excluding hydrogens is 398 g/mol. The van der Waals surface area contributed by atoms with Crippen molar-refractivity contribution in [2.45, 2.75) is 6.61 Å². The van der Waals surface area contributed by atoms with E-state index >= 15 is 0 Å². The van der Waals surface area contributed by atoms with E-state index in [0.29, 0.717) is 22.6 Å². The maximum Gasteiger partial charge on any atom is 0.352 e. The molecule has 0 spiro atoms. The van der Waals surface area contributed by atoms with Crippen LogP contribution in [0.2, 0.25) is 0 Å². The number of carbonyl (C=O) groups is 2. The van der Waals surface area contributed by atoms with Gasteiger partial charge in [-0.25, -0.2) is 4.79 Å². The highest BCUT2D eigenvalue weighted by Crippen LogP contribution is 2.23. The average Bonchev–Trinajstić information content (AvgIpc) is 2.78. The second kappa shape index (κ2) is 9.98. The van der Waals surface area contributed by atoms with Gasteiger partial charge in [0.2, 0.25) is 0 Å². The van der Waals surface area contributed by atoms with Crippen LogP contribution in [0.4, 0.5) is 0 Å². The molecule has 1 amide bonds. The molecule has 3 aromatic carbocycles. The second-order valence-corrected chi connectivity index (χ2v) is 6.58. The zero-order valence-electron chi connectivity index (χ0n) is 16.7. The molecule has 31 heavy (non-hydrogen) atoms. The van der Waals surface area contributed by atoms with Gasteiger partial charge in [0.15, 0.2) is 0 Å². The predicted octanol–water partition coefficient (Wildman–Crippen LogP) is 3.84. The summed E-state index contributed by atoms with van der Waals surface area (Å²) in [4.78, 5) is 23.8. The summed E-state index contributed by atoms with van der Waals surface area (Å²) in [5.74, 6) is -0.585. The molecule has 0 saturated carbocycles. The third kappa shape index (κ3) is 6.11.